The molecule has 0 saturated heterocycles. The average Bonchev–Trinajstić information content (AvgIpc) is 2.70. The zero-order valence-electron chi connectivity index (χ0n) is 16.5. The van der Waals surface area contributed by atoms with Crippen molar-refractivity contribution in [2.45, 2.75) is 52.0 Å². The number of nitrogens with zero attached hydrogens (tertiary/aromatic N) is 1. The zero-order valence-corrected chi connectivity index (χ0v) is 17.2. The van der Waals surface area contributed by atoms with Crippen LogP contribution in [0.5, 0.6) is 0 Å². The van der Waals surface area contributed by atoms with Gasteiger partial charge in [-0.3, -0.25) is 14.5 Å². The van der Waals surface area contributed by atoms with Crippen LogP contribution in [-0.4, -0.2) is 42.9 Å². The predicted octanol–water partition coefficient (Wildman–Crippen LogP) is 3.54. The molecule has 1 atom stereocenters. The van der Waals surface area contributed by atoms with Gasteiger partial charge >= 0.3 is 0 Å². The topological polar surface area (TPSA) is 61.4 Å². The summed E-state index contributed by atoms with van der Waals surface area (Å²) in [5.41, 5.74) is 1.01. The predicted molar refractivity (Wildman–Crippen MR) is 110 cm³/mol. The van der Waals surface area contributed by atoms with Crippen LogP contribution in [0.15, 0.2) is 24.3 Å². The molecule has 0 spiro atoms. The number of carbonyl (C=O) groups is 2. The minimum Gasteiger partial charge on any atom is -0.353 e. The lowest BCUT2D eigenvalue weighted by Crippen LogP contribution is -2.43. The van der Waals surface area contributed by atoms with Gasteiger partial charge in [0.05, 0.1) is 12.6 Å². The van der Waals surface area contributed by atoms with E-state index in [4.69, 9.17) is 11.6 Å². The maximum absolute atomic E-state index is 12.3. The van der Waals surface area contributed by atoms with Gasteiger partial charge in [0.1, 0.15) is 0 Å². The van der Waals surface area contributed by atoms with Gasteiger partial charge < -0.3 is 10.6 Å². The van der Waals surface area contributed by atoms with E-state index in [1.165, 1.54) is 6.42 Å². The van der Waals surface area contributed by atoms with E-state index >= 15 is 0 Å². The average molecular weight is 394 g/mol. The Kier molecular flexibility index (Phi) is 9.08. The summed E-state index contributed by atoms with van der Waals surface area (Å²) in [5.74, 6) is -0.0854. The van der Waals surface area contributed by atoms with Gasteiger partial charge in [-0.1, -0.05) is 62.9 Å². The van der Waals surface area contributed by atoms with E-state index in [1.54, 1.807) is 0 Å². The van der Waals surface area contributed by atoms with Gasteiger partial charge in [0.15, 0.2) is 0 Å². The van der Waals surface area contributed by atoms with Gasteiger partial charge in [-0.15, -0.1) is 0 Å². The molecule has 1 aliphatic carbocycles. The molecule has 0 aliphatic heterocycles. The molecular formula is C21H32ClN3O2. The van der Waals surface area contributed by atoms with Gasteiger partial charge in [-0.05, 0) is 37.6 Å². The fraction of sp³-hybridized carbons (Fsp3) is 0.619. The standard InChI is InChI=1S/C21H32ClN3O2/c1-3-25(4-2)19(17-12-8-9-13-18(17)22)14-23-20(26)15-24-21(27)16-10-6-5-7-11-16/h8-9,12-13,16,19H,3-7,10-11,14-15H2,1-2H3,(H,23,26)(H,24,27). The van der Waals surface area contributed by atoms with Gasteiger partial charge in [-0.25, -0.2) is 0 Å². The number of amides is 2. The van der Waals surface area contributed by atoms with Gasteiger partial charge in [0, 0.05) is 17.5 Å². The van der Waals surface area contributed by atoms with Crippen molar-refractivity contribution >= 4 is 23.4 Å². The van der Waals surface area contributed by atoms with Gasteiger partial charge in [0.2, 0.25) is 11.8 Å². The number of benzene rings is 1. The van der Waals surface area contributed by atoms with E-state index in [9.17, 15) is 9.59 Å². The highest BCUT2D eigenvalue weighted by Crippen LogP contribution is 2.27. The van der Waals surface area contributed by atoms with E-state index in [2.05, 4.69) is 29.4 Å². The van der Waals surface area contributed by atoms with Crippen molar-refractivity contribution in [3.8, 4) is 0 Å². The third kappa shape index (κ3) is 6.51. The number of hydrogen-bond acceptors (Lipinski definition) is 3. The molecular weight excluding hydrogens is 362 g/mol. The SMILES string of the molecule is CCN(CC)C(CNC(=O)CNC(=O)C1CCCCC1)c1ccccc1Cl. The molecule has 150 valence electrons. The molecule has 27 heavy (non-hydrogen) atoms. The fourth-order valence-corrected chi connectivity index (χ4v) is 4.06. The summed E-state index contributed by atoms with van der Waals surface area (Å²) in [7, 11) is 0. The number of hydrogen-bond donors (Lipinski definition) is 2. The third-order valence-electron chi connectivity index (χ3n) is 5.41. The number of halogens is 1. The summed E-state index contributed by atoms with van der Waals surface area (Å²) in [6.07, 6.45) is 5.29. The van der Waals surface area contributed by atoms with E-state index in [1.807, 2.05) is 24.3 Å². The first-order valence-electron chi connectivity index (χ1n) is 10.1. The molecule has 1 aromatic carbocycles. The Balaban J connectivity index is 1.89. The minimum absolute atomic E-state index is 0.00620. The van der Waals surface area contributed by atoms with Crippen molar-refractivity contribution in [2.75, 3.05) is 26.2 Å². The quantitative estimate of drug-likeness (QED) is 0.674. The van der Waals surface area contributed by atoms with Crippen molar-refractivity contribution in [3.63, 3.8) is 0 Å². The summed E-state index contributed by atoms with van der Waals surface area (Å²) in [5, 5.41) is 6.46. The third-order valence-corrected chi connectivity index (χ3v) is 5.75. The van der Waals surface area contributed by atoms with Crippen LogP contribution in [0, 0.1) is 5.92 Å². The Bertz CT molecular complexity index is 613. The lowest BCUT2D eigenvalue weighted by molar-refractivity contribution is -0.129. The van der Waals surface area contributed by atoms with Crippen LogP contribution in [0.1, 0.15) is 57.6 Å². The smallest absolute Gasteiger partial charge is 0.239 e. The Hall–Kier alpha value is -1.59. The molecule has 1 fully saturated rings. The van der Waals surface area contributed by atoms with E-state index in [0.29, 0.717) is 11.6 Å². The van der Waals surface area contributed by atoms with E-state index < -0.39 is 0 Å². The molecule has 6 heteroatoms. The fourth-order valence-electron chi connectivity index (χ4n) is 3.79. The molecule has 0 bridgehead atoms. The largest absolute Gasteiger partial charge is 0.353 e. The number of likely N-dealkylation sites (N-methyl/N-ethyl adjacent to an activating group) is 1. The minimum atomic E-state index is -0.164. The molecule has 2 amide bonds. The van der Waals surface area contributed by atoms with Crippen LogP contribution in [0.25, 0.3) is 0 Å². The van der Waals surface area contributed by atoms with Crippen molar-refractivity contribution in [1.29, 1.82) is 0 Å². The molecule has 1 aromatic rings. The van der Waals surface area contributed by atoms with Crippen LogP contribution in [0.4, 0.5) is 0 Å². The molecule has 1 unspecified atom stereocenters. The monoisotopic (exact) mass is 393 g/mol. The molecule has 2 N–H and O–H groups in total. The molecule has 1 aliphatic rings. The van der Waals surface area contributed by atoms with Crippen LogP contribution in [0.2, 0.25) is 5.02 Å². The van der Waals surface area contributed by atoms with Crippen LogP contribution >= 0.6 is 11.6 Å². The molecule has 0 aromatic heterocycles. The first-order chi connectivity index (χ1) is 13.1. The van der Waals surface area contributed by atoms with Crippen LogP contribution in [-0.2, 0) is 9.59 Å². The number of rotatable bonds is 9. The highest BCUT2D eigenvalue weighted by atomic mass is 35.5. The summed E-state index contributed by atoms with van der Waals surface area (Å²) in [6, 6.07) is 7.75. The van der Waals surface area contributed by atoms with E-state index in [-0.39, 0.29) is 30.3 Å². The van der Waals surface area contributed by atoms with Crippen molar-refractivity contribution in [1.82, 2.24) is 15.5 Å². The van der Waals surface area contributed by atoms with Crippen LogP contribution in [0.3, 0.4) is 0 Å². The first kappa shape index (κ1) is 21.7. The summed E-state index contributed by atoms with van der Waals surface area (Å²) < 4.78 is 0. The second kappa shape index (κ2) is 11.3. The first-order valence-corrected chi connectivity index (χ1v) is 10.5. The lowest BCUT2D eigenvalue weighted by atomic mass is 9.89. The Morgan fingerprint density at radius 1 is 1.11 bits per heavy atom. The second-order valence-electron chi connectivity index (χ2n) is 7.12. The van der Waals surface area contributed by atoms with Crippen molar-refractivity contribution < 1.29 is 9.59 Å². The Morgan fingerprint density at radius 2 is 1.78 bits per heavy atom. The van der Waals surface area contributed by atoms with E-state index in [0.717, 1.165) is 44.3 Å². The number of carbonyl (C=O) groups excluding carboxylic acids is 2. The van der Waals surface area contributed by atoms with Crippen LogP contribution < -0.4 is 10.6 Å². The summed E-state index contributed by atoms with van der Waals surface area (Å²) in [6.45, 7) is 6.41. The highest BCUT2D eigenvalue weighted by molar-refractivity contribution is 6.31. The molecule has 1 saturated carbocycles. The normalized spacial score (nSPS) is 16.1. The molecule has 2 rings (SSSR count). The Morgan fingerprint density at radius 3 is 2.41 bits per heavy atom. The molecule has 5 nitrogen and oxygen atoms in total. The van der Waals surface area contributed by atoms with Crippen molar-refractivity contribution in [3.05, 3.63) is 34.9 Å². The zero-order chi connectivity index (χ0) is 19.6. The lowest BCUT2D eigenvalue weighted by Gasteiger charge is -2.31. The maximum Gasteiger partial charge on any atom is 0.239 e. The Labute approximate surface area is 167 Å². The highest BCUT2D eigenvalue weighted by Gasteiger charge is 2.23. The molecule has 0 heterocycles. The van der Waals surface area contributed by atoms with Gasteiger partial charge in [0.25, 0.3) is 0 Å². The van der Waals surface area contributed by atoms with Gasteiger partial charge in [-0.2, -0.15) is 0 Å². The summed E-state index contributed by atoms with van der Waals surface area (Å²) in [4.78, 5) is 26.7. The molecule has 0 radical (unpaired) electrons. The van der Waals surface area contributed by atoms with Crippen molar-refractivity contribution in [2.24, 2.45) is 5.92 Å². The second-order valence-corrected chi connectivity index (χ2v) is 7.52. The number of nitrogens with one attached hydrogen (secondary N) is 2. The summed E-state index contributed by atoms with van der Waals surface area (Å²) >= 11 is 6.38. The maximum atomic E-state index is 12.3.